The molecule has 3 heterocycles. The number of non-ortho nitro benzene ring substituents is 1. The van der Waals surface area contributed by atoms with Crippen molar-refractivity contribution in [3.05, 3.63) is 64.2 Å². The molecule has 10 heteroatoms. The maximum absolute atomic E-state index is 12.7. The Bertz CT molecular complexity index is 1060. The van der Waals surface area contributed by atoms with Gasteiger partial charge in [-0.25, -0.2) is 4.98 Å². The first kappa shape index (κ1) is 19.5. The van der Waals surface area contributed by atoms with Crippen LogP contribution in [-0.4, -0.2) is 57.0 Å². The van der Waals surface area contributed by atoms with Crippen molar-refractivity contribution in [2.24, 2.45) is 0 Å². The zero-order valence-electron chi connectivity index (χ0n) is 16.4. The number of benzene rings is 1. The predicted molar refractivity (Wildman–Crippen MR) is 108 cm³/mol. The first-order valence-corrected chi connectivity index (χ1v) is 9.63. The van der Waals surface area contributed by atoms with Gasteiger partial charge in [0, 0.05) is 62.1 Å². The van der Waals surface area contributed by atoms with E-state index in [1.54, 1.807) is 17.2 Å². The van der Waals surface area contributed by atoms with E-state index in [4.69, 9.17) is 4.52 Å². The summed E-state index contributed by atoms with van der Waals surface area (Å²) in [4.78, 5) is 35.7. The molecule has 0 radical (unpaired) electrons. The Morgan fingerprint density at radius 2 is 2.00 bits per heavy atom. The molecule has 4 rings (SSSR count). The van der Waals surface area contributed by atoms with Crippen molar-refractivity contribution in [2.45, 2.75) is 13.3 Å². The highest BCUT2D eigenvalue weighted by Gasteiger charge is 2.24. The van der Waals surface area contributed by atoms with E-state index < -0.39 is 4.92 Å². The highest BCUT2D eigenvalue weighted by molar-refractivity contribution is 5.95. The van der Waals surface area contributed by atoms with Gasteiger partial charge in [-0.2, -0.15) is 4.98 Å². The highest BCUT2D eigenvalue weighted by atomic mass is 16.6. The van der Waals surface area contributed by atoms with Gasteiger partial charge < -0.3 is 14.3 Å². The van der Waals surface area contributed by atoms with Crippen molar-refractivity contribution in [3.8, 4) is 11.4 Å². The Balaban J connectivity index is 1.39. The standard InChI is InChI=1S/C20H20N6O4/c1-2-18-22-19(23-30-18)15-6-7-17(21-13-15)24-8-10-25(11-9-24)20(27)14-4-3-5-16(12-14)26(28)29/h3-7,12-13H,2,8-11H2,1H3. The van der Waals surface area contributed by atoms with Crippen LogP contribution in [0.25, 0.3) is 11.4 Å². The van der Waals surface area contributed by atoms with Gasteiger partial charge in [0.05, 0.1) is 4.92 Å². The summed E-state index contributed by atoms with van der Waals surface area (Å²) in [5.41, 5.74) is 1.02. The number of nitro benzene ring substituents is 1. The van der Waals surface area contributed by atoms with E-state index in [9.17, 15) is 14.9 Å². The van der Waals surface area contributed by atoms with E-state index >= 15 is 0 Å². The quantitative estimate of drug-likeness (QED) is 0.467. The lowest BCUT2D eigenvalue weighted by molar-refractivity contribution is -0.384. The Morgan fingerprint density at radius 1 is 1.20 bits per heavy atom. The number of carbonyl (C=O) groups excluding carboxylic acids is 1. The molecule has 1 aliphatic heterocycles. The Kier molecular flexibility index (Phi) is 5.38. The summed E-state index contributed by atoms with van der Waals surface area (Å²) < 4.78 is 5.13. The van der Waals surface area contributed by atoms with Crippen molar-refractivity contribution in [1.29, 1.82) is 0 Å². The van der Waals surface area contributed by atoms with Gasteiger partial charge in [0.2, 0.25) is 11.7 Å². The summed E-state index contributed by atoms with van der Waals surface area (Å²) in [6.45, 7) is 4.21. The van der Waals surface area contributed by atoms with Gasteiger partial charge >= 0.3 is 0 Å². The third-order valence-corrected chi connectivity index (χ3v) is 4.97. The molecular weight excluding hydrogens is 388 g/mol. The maximum Gasteiger partial charge on any atom is 0.270 e. The van der Waals surface area contributed by atoms with Crippen LogP contribution in [0.4, 0.5) is 11.5 Å². The number of hydrogen-bond acceptors (Lipinski definition) is 8. The minimum Gasteiger partial charge on any atom is -0.353 e. The minimum absolute atomic E-state index is 0.0866. The fraction of sp³-hybridized carbons (Fsp3) is 0.300. The van der Waals surface area contributed by atoms with Gasteiger partial charge in [-0.3, -0.25) is 14.9 Å². The predicted octanol–water partition coefficient (Wildman–Crippen LogP) is 2.56. The fourth-order valence-electron chi connectivity index (χ4n) is 3.29. The van der Waals surface area contributed by atoms with Crippen LogP contribution in [0.3, 0.4) is 0 Å². The smallest absolute Gasteiger partial charge is 0.270 e. The molecule has 154 valence electrons. The third kappa shape index (κ3) is 3.97. The fourth-order valence-corrected chi connectivity index (χ4v) is 3.29. The van der Waals surface area contributed by atoms with Gasteiger partial charge in [0.15, 0.2) is 0 Å². The Labute approximate surface area is 172 Å². The van der Waals surface area contributed by atoms with Gasteiger partial charge in [0.25, 0.3) is 11.6 Å². The van der Waals surface area contributed by atoms with Gasteiger partial charge in [-0.05, 0) is 18.2 Å². The highest BCUT2D eigenvalue weighted by Crippen LogP contribution is 2.21. The number of anilines is 1. The third-order valence-electron chi connectivity index (χ3n) is 4.97. The molecule has 0 saturated carbocycles. The number of piperazine rings is 1. The van der Waals surface area contributed by atoms with Crippen molar-refractivity contribution < 1.29 is 14.2 Å². The van der Waals surface area contributed by atoms with E-state index in [2.05, 4.69) is 20.0 Å². The van der Waals surface area contributed by atoms with Crippen molar-refractivity contribution in [3.63, 3.8) is 0 Å². The lowest BCUT2D eigenvalue weighted by atomic mass is 10.1. The van der Waals surface area contributed by atoms with Crippen LogP contribution in [0.2, 0.25) is 0 Å². The summed E-state index contributed by atoms with van der Waals surface area (Å²) in [5.74, 6) is 1.70. The molecule has 1 fully saturated rings. The second kappa shape index (κ2) is 8.27. The molecule has 1 saturated heterocycles. The second-order valence-electron chi connectivity index (χ2n) is 6.86. The lowest BCUT2D eigenvalue weighted by Crippen LogP contribution is -2.49. The molecule has 0 unspecified atom stereocenters. The van der Waals surface area contributed by atoms with Gasteiger partial charge in [0.1, 0.15) is 5.82 Å². The van der Waals surface area contributed by atoms with E-state index in [0.717, 1.165) is 11.4 Å². The summed E-state index contributed by atoms with van der Waals surface area (Å²) in [6, 6.07) is 9.62. The largest absolute Gasteiger partial charge is 0.353 e. The number of aryl methyl sites for hydroxylation is 1. The molecule has 2 aromatic heterocycles. The summed E-state index contributed by atoms with van der Waals surface area (Å²) in [6.07, 6.45) is 2.39. The van der Waals surface area contributed by atoms with Crippen molar-refractivity contribution in [2.75, 3.05) is 31.1 Å². The van der Waals surface area contributed by atoms with Crippen LogP contribution in [0.5, 0.6) is 0 Å². The Morgan fingerprint density at radius 3 is 2.63 bits per heavy atom. The molecule has 3 aromatic rings. The number of amides is 1. The molecule has 0 N–H and O–H groups in total. The van der Waals surface area contributed by atoms with Crippen LogP contribution < -0.4 is 4.90 Å². The number of rotatable bonds is 5. The topological polar surface area (TPSA) is 118 Å². The van der Waals surface area contributed by atoms with Crippen molar-refractivity contribution in [1.82, 2.24) is 20.0 Å². The number of hydrogen-bond donors (Lipinski definition) is 0. The molecule has 0 aliphatic carbocycles. The molecule has 30 heavy (non-hydrogen) atoms. The molecule has 10 nitrogen and oxygen atoms in total. The first-order chi connectivity index (χ1) is 14.5. The lowest BCUT2D eigenvalue weighted by Gasteiger charge is -2.35. The zero-order chi connectivity index (χ0) is 21.1. The average molecular weight is 408 g/mol. The van der Waals surface area contributed by atoms with Crippen LogP contribution >= 0.6 is 0 Å². The summed E-state index contributed by atoms with van der Waals surface area (Å²) >= 11 is 0. The molecule has 0 atom stereocenters. The second-order valence-corrected chi connectivity index (χ2v) is 6.86. The summed E-state index contributed by atoms with van der Waals surface area (Å²) in [5, 5.41) is 14.9. The minimum atomic E-state index is -0.498. The molecular formula is C20H20N6O4. The molecule has 0 spiro atoms. The number of aromatic nitrogens is 3. The summed E-state index contributed by atoms with van der Waals surface area (Å²) in [7, 11) is 0. The first-order valence-electron chi connectivity index (χ1n) is 9.63. The maximum atomic E-state index is 12.7. The SMILES string of the molecule is CCc1nc(-c2ccc(N3CCN(C(=O)c4cccc([N+](=O)[O-])c4)CC3)nc2)no1. The normalized spacial score (nSPS) is 14.0. The number of carbonyl (C=O) groups is 1. The van der Waals surface area contributed by atoms with Gasteiger partial charge in [-0.15, -0.1) is 0 Å². The van der Waals surface area contributed by atoms with Gasteiger partial charge in [-0.1, -0.05) is 18.1 Å². The van der Waals surface area contributed by atoms with E-state index in [-0.39, 0.29) is 11.6 Å². The van der Waals surface area contributed by atoms with Crippen LogP contribution in [0, 0.1) is 10.1 Å². The van der Waals surface area contributed by atoms with E-state index in [1.807, 2.05) is 19.1 Å². The monoisotopic (exact) mass is 408 g/mol. The van der Waals surface area contributed by atoms with Crippen molar-refractivity contribution >= 4 is 17.4 Å². The van der Waals surface area contributed by atoms with E-state index in [0.29, 0.717) is 49.9 Å². The van der Waals surface area contributed by atoms with Crippen LogP contribution in [0.15, 0.2) is 47.1 Å². The Hall–Kier alpha value is -3.82. The van der Waals surface area contributed by atoms with Crippen LogP contribution in [-0.2, 0) is 6.42 Å². The number of pyridine rings is 1. The van der Waals surface area contributed by atoms with E-state index in [1.165, 1.54) is 18.2 Å². The zero-order valence-corrected chi connectivity index (χ0v) is 16.4. The number of nitro groups is 1. The molecule has 1 amide bonds. The van der Waals surface area contributed by atoms with Crippen LogP contribution in [0.1, 0.15) is 23.2 Å². The molecule has 1 aliphatic rings. The molecule has 0 bridgehead atoms. The average Bonchev–Trinajstić information content (AvgIpc) is 3.28. The molecule has 1 aromatic carbocycles. The number of nitrogens with zero attached hydrogens (tertiary/aromatic N) is 6.